The van der Waals surface area contributed by atoms with E-state index in [2.05, 4.69) is 5.32 Å². The summed E-state index contributed by atoms with van der Waals surface area (Å²) < 4.78 is 16.0. The summed E-state index contributed by atoms with van der Waals surface area (Å²) in [5.41, 5.74) is 1.16. The van der Waals surface area contributed by atoms with Gasteiger partial charge in [0.15, 0.2) is 6.61 Å². The Labute approximate surface area is 110 Å². The molecule has 0 bridgehead atoms. The average molecular weight is 266 g/mol. The van der Waals surface area contributed by atoms with Crippen LogP contribution in [0.1, 0.15) is 12.0 Å². The van der Waals surface area contributed by atoms with Crippen LogP contribution in [-0.4, -0.2) is 29.4 Å². The SMILES string of the molecule is CS(=O)CCCNCc1ccc(OCC#N)cc1. The summed E-state index contributed by atoms with van der Waals surface area (Å²) >= 11 is 0. The van der Waals surface area contributed by atoms with Gasteiger partial charge in [-0.15, -0.1) is 0 Å². The molecule has 4 nitrogen and oxygen atoms in total. The summed E-state index contributed by atoms with van der Waals surface area (Å²) in [6, 6.07) is 9.58. The lowest BCUT2D eigenvalue weighted by atomic mass is 10.2. The van der Waals surface area contributed by atoms with Gasteiger partial charge in [0.05, 0.1) is 0 Å². The number of ether oxygens (including phenoxy) is 1. The molecule has 0 amide bonds. The molecule has 0 aliphatic heterocycles. The molecule has 1 atom stereocenters. The van der Waals surface area contributed by atoms with Crippen LogP contribution in [0.5, 0.6) is 5.75 Å². The Kier molecular flexibility index (Phi) is 7.07. The summed E-state index contributed by atoms with van der Waals surface area (Å²) in [5, 5.41) is 11.7. The lowest BCUT2D eigenvalue weighted by Crippen LogP contribution is -2.16. The molecule has 0 aliphatic carbocycles. The van der Waals surface area contributed by atoms with E-state index < -0.39 is 10.8 Å². The summed E-state index contributed by atoms with van der Waals surface area (Å²) in [4.78, 5) is 0. The van der Waals surface area contributed by atoms with E-state index in [-0.39, 0.29) is 6.61 Å². The summed E-state index contributed by atoms with van der Waals surface area (Å²) in [5.74, 6) is 1.45. The fourth-order valence-electron chi connectivity index (χ4n) is 1.45. The molecule has 0 saturated carbocycles. The Morgan fingerprint density at radius 3 is 2.72 bits per heavy atom. The van der Waals surface area contributed by atoms with Crippen molar-refractivity contribution in [3.8, 4) is 11.8 Å². The van der Waals surface area contributed by atoms with Crippen molar-refractivity contribution in [2.45, 2.75) is 13.0 Å². The number of nitrogens with zero attached hydrogens (tertiary/aromatic N) is 1. The first kappa shape index (κ1) is 14.7. The van der Waals surface area contributed by atoms with E-state index in [4.69, 9.17) is 10.00 Å². The average Bonchev–Trinajstić information content (AvgIpc) is 2.37. The van der Waals surface area contributed by atoms with E-state index in [9.17, 15) is 4.21 Å². The van der Waals surface area contributed by atoms with Gasteiger partial charge in [0.2, 0.25) is 0 Å². The lowest BCUT2D eigenvalue weighted by Gasteiger charge is -2.06. The zero-order valence-corrected chi connectivity index (χ0v) is 11.3. The molecule has 0 spiro atoms. The standard InChI is InChI=1S/C13H18N2O2S/c1-18(16)10-2-8-15-11-12-3-5-13(6-4-12)17-9-7-14/h3-6,15H,2,8-11H2,1H3. The Morgan fingerprint density at radius 1 is 1.39 bits per heavy atom. The van der Waals surface area contributed by atoms with Crippen LogP contribution in [0.15, 0.2) is 24.3 Å². The van der Waals surface area contributed by atoms with E-state index in [0.29, 0.717) is 5.75 Å². The molecular formula is C13H18N2O2S. The van der Waals surface area contributed by atoms with E-state index >= 15 is 0 Å². The number of benzene rings is 1. The van der Waals surface area contributed by atoms with E-state index in [0.717, 1.165) is 30.8 Å². The van der Waals surface area contributed by atoms with Gasteiger partial charge in [-0.1, -0.05) is 12.1 Å². The van der Waals surface area contributed by atoms with E-state index in [1.54, 1.807) is 6.26 Å². The number of hydrogen-bond acceptors (Lipinski definition) is 4. The van der Waals surface area contributed by atoms with E-state index in [1.165, 1.54) is 0 Å². The van der Waals surface area contributed by atoms with Crippen LogP contribution in [0.4, 0.5) is 0 Å². The summed E-state index contributed by atoms with van der Waals surface area (Å²) in [7, 11) is -0.703. The summed E-state index contributed by atoms with van der Waals surface area (Å²) in [6.07, 6.45) is 2.65. The first-order valence-corrected chi connectivity index (χ1v) is 7.54. The second kappa shape index (κ2) is 8.67. The third-order valence-electron chi connectivity index (χ3n) is 2.34. The third kappa shape index (κ3) is 6.38. The zero-order chi connectivity index (χ0) is 13.2. The maximum atomic E-state index is 10.8. The second-order valence-corrected chi connectivity index (χ2v) is 5.45. The Morgan fingerprint density at radius 2 is 2.11 bits per heavy atom. The van der Waals surface area contributed by atoms with Crippen molar-refractivity contribution in [2.24, 2.45) is 0 Å². The van der Waals surface area contributed by atoms with Crippen LogP contribution in [0.2, 0.25) is 0 Å². The van der Waals surface area contributed by atoms with Crippen LogP contribution >= 0.6 is 0 Å². The molecule has 0 heterocycles. The second-order valence-electron chi connectivity index (χ2n) is 3.90. The Hall–Kier alpha value is -1.38. The number of nitrogens with one attached hydrogen (secondary N) is 1. The van der Waals surface area contributed by atoms with Gasteiger partial charge < -0.3 is 10.1 Å². The number of hydrogen-bond donors (Lipinski definition) is 1. The zero-order valence-electron chi connectivity index (χ0n) is 10.5. The van der Waals surface area contributed by atoms with Gasteiger partial charge in [-0.05, 0) is 30.7 Å². The molecule has 1 aromatic rings. The van der Waals surface area contributed by atoms with Crippen molar-refractivity contribution < 1.29 is 8.95 Å². The predicted molar refractivity (Wildman–Crippen MR) is 72.8 cm³/mol. The maximum absolute atomic E-state index is 10.8. The fraction of sp³-hybridized carbons (Fsp3) is 0.462. The van der Waals surface area contributed by atoms with Gasteiger partial charge in [-0.25, -0.2) is 0 Å². The van der Waals surface area contributed by atoms with Crippen molar-refractivity contribution >= 4 is 10.8 Å². The first-order chi connectivity index (χ1) is 8.72. The molecule has 0 fully saturated rings. The lowest BCUT2D eigenvalue weighted by molar-refractivity contribution is 0.368. The van der Waals surface area contributed by atoms with Gasteiger partial charge in [0, 0.05) is 29.4 Å². The minimum atomic E-state index is -0.703. The molecule has 0 aromatic heterocycles. The van der Waals surface area contributed by atoms with Gasteiger partial charge >= 0.3 is 0 Å². The molecule has 1 N–H and O–H groups in total. The topological polar surface area (TPSA) is 62.1 Å². The Bertz CT molecular complexity index is 412. The smallest absolute Gasteiger partial charge is 0.174 e. The first-order valence-electron chi connectivity index (χ1n) is 5.82. The minimum Gasteiger partial charge on any atom is -0.479 e. The van der Waals surface area contributed by atoms with Crippen LogP contribution in [0, 0.1) is 11.3 Å². The molecular weight excluding hydrogens is 248 g/mol. The maximum Gasteiger partial charge on any atom is 0.174 e. The van der Waals surface area contributed by atoms with Gasteiger partial charge in [0.1, 0.15) is 11.8 Å². The Balaban J connectivity index is 2.22. The highest BCUT2D eigenvalue weighted by molar-refractivity contribution is 7.84. The fourth-order valence-corrected chi connectivity index (χ4v) is 2.00. The highest BCUT2D eigenvalue weighted by Gasteiger charge is 1.96. The number of nitriles is 1. The van der Waals surface area contributed by atoms with Crippen molar-refractivity contribution in [1.82, 2.24) is 5.32 Å². The molecule has 1 unspecified atom stereocenters. The molecule has 0 aliphatic rings. The number of rotatable bonds is 8. The molecule has 98 valence electrons. The van der Waals surface area contributed by atoms with Crippen LogP contribution in [0.25, 0.3) is 0 Å². The normalized spacial score (nSPS) is 11.8. The molecule has 1 rings (SSSR count). The van der Waals surface area contributed by atoms with Crippen LogP contribution in [0.3, 0.4) is 0 Å². The van der Waals surface area contributed by atoms with Crippen molar-refractivity contribution in [3.63, 3.8) is 0 Å². The molecule has 18 heavy (non-hydrogen) atoms. The highest BCUT2D eigenvalue weighted by Crippen LogP contribution is 2.11. The molecule has 1 aromatic carbocycles. The van der Waals surface area contributed by atoms with E-state index in [1.807, 2.05) is 30.3 Å². The summed E-state index contributed by atoms with van der Waals surface area (Å²) in [6.45, 7) is 1.73. The molecule has 5 heteroatoms. The van der Waals surface area contributed by atoms with Crippen molar-refractivity contribution in [2.75, 3.05) is 25.2 Å². The molecule has 0 radical (unpaired) electrons. The van der Waals surface area contributed by atoms with Gasteiger partial charge in [0.25, 0.3) is 0 Å². The third-order valence-corrected chi connectivity index (χ3v) is 3.20. The highest BCUT2D eigenvalue weighted by atomic mass is 32.2. The van der Waals surface area contributed by atoms with Crippen molar-refractivity contribution in [1.29, 1.82) is 5.26 Å². The van der Waals surface area contributed by atoms with Crippen LogP contribution < -0.4 is 10.1 Å². The minimum absolute atomic E-state index is 0.0752. The monoisotopic (exact) mass is 266 g/mol. The quantitative estimate of drug-likeness (QED) is 0.723. The predicted octanol–water partition coefficient (Wildman–Crippen LogP) is 1.45. The molecule has 0 saturated heterocycles. The van der Waals surface area contributed by atoms with Crippen LogP contribution in [-0.2, 0) is 17.3 Å². The largest absolute Gasteiger partial charge is 0.479 e. The van der Waals surface area contributed by atoms with Gasteiger partial charge in [-0.2, -0.15) is 5.26 Å². The van der Waals surface area contributed by atoms with Crippen molar-refractivity contribution in [3.05, 3.63) is 29.8 Å². The van der Waals surface area contributed by atoms with Gasteiger partial charge in [-0.3, -0.25) is 4.21 Å².